The molecule has 3 aromatic rings. The summed E-state index contributed by atoms with van der Waals surface area (Å²) in [5.74, 6) is 1.08. The molecule has 0 radical (unpaired) electrons. The first-order valence-electron chi connectivity index (χ1n) is 8.81. The van der Waals surface area contributed by atoms with Crippen molar-refractivity contribution in [1.82, 2.24) is 9.88 Å². The van der Waals surface area contributed by atoms with E-state index in [1.54, 1.807) is 0 Å². The van der Waals surface area contributed by atoms with Crippen LogP contribution in [-0.4, -0.2) is 36.1 Å². The maximum atomic E-state index is 6.00. The Labute approximate surface area is 170 Å². The summed E-state index contributed by atoms with van der Waals surface area (Å²) in [7, 11) is 0. The Morgan fingerprint density at radius 1 is 0.885 bits per heavy atom. The van der Waals surface area contributed by atoms with E-state index in [1.165, 1.54) is 10.9 Å². The van der Waals surface area contributed by atoms with Crippen LogP contribution in [0.4, 0.5) is 5.82 Å². The van der Waals surface area contributed by atoms with Crippen LogP contribution in [0, 0.1) is 0 Å². The lowest BCUT2D eigenvalue weighted by Crippen LogP contribution is -2.47. The van der Waals surface area contributed by atoms with Crippen LogP contribution < -0.4 is 4.90 Å². The Bertz CT molecular complexity index is 861. The van der Waals surface area contributed by atoms with Crippen LogP contribution in [0.15, 0.2) is 60.7 Å². The molecule has 3 nitrogen and oxygen atoms in total. The van der Waals surface area contributed by atoms with Crippen LogP contribution in [-0.2, 0) is 0 Å². The minimum atomic E-state index is 0. The number of aromatic nitrogens is 1. The van der Waals surface area contributed by atoms with E-state index in [2.05, 4.69) is 59.2 Å². The minimum Gasteiger partial charge on any atom is -0.354 e. The van der Waals surface area contributed by atoms with Gasteiger partial charge in [0.25, 0.3) is 0 Å². The van der Waals surface area contributed by atoms with Gasteiger partial charge in [0.1, 0.15) is 5.82 Å². The molecule has 0 bridgehead atoms. The van der Waals surface area contributed by atoms with E-state index in [4.69, 9.17) is 16.6 Å². The molecule has 1 fully saturated rings. The second-order valence-corrected chi connectivity index (χ2v) is 7.05. The van der Waals surface area contributed by atoms with Gasteiger partial charge in [0, 0.05) is 42.6 Å². The molecule has 1 aliphatic rings. The summed E-state index contributed by atoms with van der Waals surface area (Å²) < 4.78 is 0. The summed E-state index contributed by atoms with van der Waals surface area (Å²) in [4.78, 5) is 9.74. The highest BCUT2D eigenvalue weighted by Crippen LogP contribution is 2.25. The van der Waals surface area contributed by atoms with E-state index in [-0.39, 0.29) is 17.0 Å². The summed E-state index contributed by atoms with van der Waals surface area (Å²) in [6, 6.07) is 21.2. The van der Waals surface area contributed by atoms with Gasteiger partial charge in [-0.3, -0.25) is 4.90 Å². The topological polar surface area (TPSA) is 19.4 Å². The van der Waals surface area contributed by atoms with Gasteiger partial charge in [0.05, 0.1) is 5.52 Å². The maximum Gasteiger partial charge on any atom is 0.129 e. The fourth-order valence-corrected chi connectivity index (χ4v) is 3.65. The van der Waals surface area contributed by atoms with Crippen molar-refractivity contribution >= 4 is 45.3 Å². The molecule has 0 saturated carbocycles. The zero-order chi connectivity index (χ0) is 17.2. The number of nitrogens with zero attached hydrogens (tertiary/aromatic N) is 3. The molecule has 0 spiro atoms. The predicted octanol–water partition coefficient (Wildman–Crippen LogP) is 5.35. The van der Waals surface area contributed by atoms with Crippen molar-refractivity contribution < 1.29 is 0 Å². The Hall–Kier alpha value is -1.62. The molecule has 1 atom stereocenters. The lowest BCUT2D eigenvalue weighted by atomic mass is 10.1. The summed E-state index contributed by atoms with van der Waals surface area (Å²) in [5.41, 5.74) is 2.39. The normalized spacial score (nSPS) is 16.3. The molecule has 2 aromatic carbocycles. The number of hydrogen-bond donors (Lipinski definition) is 0. The van der Waals surface area contributed by atoms with E-state index in [0.717, 1.165) is 42.5 Å². The third-order valence-electron chi connectivity index (χ3n) is 5.12. The molecule has 1 aromatic heterocycles. The zero-order valence-electron chi connectivity index (χ0n) is 14.8. The molecule has 4 rings (SSSR count). The molecule has 136 valence electrons. The molecule has 5 heteroatoms. The van der Waals surface area contributed by atoms with Gasteiger partial charge in [0.15, 0.2) is 0 Å². The van der Waals surface area contributed by atoms with Gasteiger partial charge in [-0.1, -0.05) is 41.9 Å². The molecule has 1 saturated heterocycles. The molecule has 26 heavy (non-hydrogen) atoms. The molecule has 1 aliphatic heterocycles. The SMILES string of the molecule is Br.CC(c1ccc(Cl)cc1)N1CCN(c2ccc3ccccc3n2)CC1. The number of pyridine rings is 1. The Balaban J connectivity index is 0.00000196. The van der Waals surface area contributed by atoms with Crippen LogP contribution in [0.25, 0.3) is 10.9 Å². The highest BCUT2D eigenvalue weighted by atomic mass is 79.9. The number of benzene rings is 2. The van der Waals surface area contributed by atoms with E-state index in [1.807, 2.05) is 18.2 Å². The number of hydrogen-bond acceptors (Lipinski definition) is 3. The number of anilines is 1. The largest absolute Gasteiger partial charge is 0.354 e. The van der Waals surface area contributed by atoms with E-state index in [0.29, 0.717) is 6.04 Å². The number of fused-ring (bicyclic) bond motifs is 1. The number of piperazine rings is 1. The zero-order valence-corrected chi connectivity index (χ0v) is 17.3. The molecule has 1 unspecified atom stereocenters. The van der Waals surface area contributed by atoms with Crippen molar-refractivity contribution in [2.45, 2.75) is 13.0 Å². The van der Waals surface area contributed by atoms with Crippen molar-refractivity contribution in [3.63, 3.8) is 0 Å². The second-order valence-electron chi connectivity index (χ2n) is 6.61. The van der Waals surface area contributed by atoms with E-state index >= 15 is 0 Å². The first-order valence-corrected chi connectivity index (χ1v) is 9.19. The van der Waals surface area contributed by atoms with Crippen molar-refractivity contribution in [3.05, 3.63) is 71.2 Å². The highest BCUT2D eigenvalue weighted by molar-refractivity contribution is 8.93. The standard InChI is InChI=1S/C21H22ClN3.BrH/c1-16(17-6-9-19(22)10-7-17)24-12-14-25(15-13-24)21-11-8-18-4-2-3-5-20(18)23-21;/h2-11,16H,12-15H2,1H3;1H. The van der Waals surface area contributed by atoms with E-state index < -0.39 is 0 Å². The summed E-state index contributed by atoms with van der Waals surface area (Å²) in [6.45, 7) is 6.36. The number of para-hydroxylation sites is 1. The van der Waals surface area contributed by atoms with Crippen molar-refractivity contribution in [3.8, 4) is 0 Å². The Morgan fingerprint density at radius 2 is 1.58 bits per heavy atom. The van der Waals surface area contributed by atoms with Gasteiger partial charge in [-0.25, -0.2) is 4.98 Å². The summed E-state index contributed by atoms with van der Waals surface area (Å²) >= 11 is 6.00. The maximum absolute atomic E-state index is 6.00. The van der Waals surface area contributed by atoms with Gasteiger partial charge in [-0.15, -0.1) is 17.0 Å². The lowest BCUT2D eigenvalue weighted by molar-refractivity contribution is 0.198. The van der Waals surface area contributed by atoms with Gasteiger partial charge in [-0.2, -0.15) is 0 Å². The van der Waals surface area contributed by atoms with Crippen molar-refractivity contribution in [2.75, 3.05) is 31.1 Å². The van der Waals surface area contributed by atoms with Gasteiger partial charge < -0.3 is 4.90 Å². The molecule has 2 heterocycles. The monoisotopic (exact) mass is 431 g/mol. The van der Waals surface area contributed by atoms with Gasteiger partial charge >= 0.3 is 0 Å². The van der Waals surface area contributed by atoms with Crippen molar-refractivity contribution in [1.29, 1.82) is 0 Å². The fourth-order valence-electron chi connectivity index (χ4n) is 3.52. The molecular formula is C21H23BrClN3. The smallest absolute Gasteiger partial charge is 0.129 e. The quantitative estimate of drug-likeness (QED) is 0.556. The highest BCUT2D eigenvalue weighted by Gasteiger charge is 2.22. The summed E-state index contributed by atoms with van der Waals surface area (Å²) in [5, 5.41) is 1.99. The molecular weight excluding hydrogens is 410 g/mol. The third kappa shape index (κ3) is 4.03. The third-order valence-corrected chi connectivity index (χ3v) is 5.37. The number of rotatable bonds is 3. The van der Waals surface area contributed by atoms with Crippen LogP contribution in [0.1, 0.15) is 18.5 Å². The second kappa shape index (κ2) is 8.38. The Morgan fingerprint density at radius 3 is 2.31 bits per heavy atom. The van der Waals surface area contributed by atoms with E-state index in [9.17, 15) is 0 Å². The molecule has 0 N–H and O–H groups in total. The average Bonchev–Trinajstić information content (AvgIpc) is 2.68. The molecule has 0 aliphatic carbocycles. The van der Waals surface area contributed by atoms with Gasteiger partial charge in [-0.05, 0) is 42.8 Å². The number of halogens is 2. The predicted molar refractivity (Wildman–Crippen MR) is 116 cm³/mol. The minimum absolute atomic E-state index is 0. The Kier molecular flexibility index (Phi) is 6.17. The van der Waals surface area contributed by atoms with Crippen molar-refractivity contribution in [2.24, 2.45) is 0 Å². The fraction of sp³-hybridized carbons (Fsp3) is 0.286. The lowest BCUT2D eigenvalue weighted by Gasteiger charge is -2.38. The van der Waals surface area contributed by atoms with Crippen LogP contribution in [0.2, 0.25) is 5.02 Å². The average molecular weight is 433 g/mol. The van der Waals surface area contributed by atoms with Crippen LogP contribution >= 0.6 is 28.6 Å². The van der Waals surface area contributed by atoms with Crippen LogP contribution in [0.5, 0.6) is 0 Å². The van der Waals surface area contributed by atoms with Gasteiger partial charge in [0.2, 0.25) is 0 Å². The first kappa shape index (κ1) is 19.2. The van der Waals surface area contributed by atoms with Crippen LogP contribution in [0.3, 0.4) is 0 Å². The first-order chi connectivity index (χ1) is 12.2. The summed E-state index contributed by atoms with van der Waals surface area (Å²) in [6.07, 6.45) is 0. The molecule has 0 amide bonds.